The molecule has 8 nitrogen and oxygen atoms in total. The summed E-state index contributed by atoms with van der Waals surface area (Å²) in [6.07, 6.45) is -7.98. The summed E-state index contributed by atoms with van der Waals surface area (Å²) in [6, 6.07) is 7.98. The molecule has 2 aliphatic rings. The summed E-state index contributed by atoms with van der Waals surface area (Å²) in [5.41, 5.74) is -4.52. The van der Waals surface area contributed by atoms with Crippen LogP contribution in [-0.2, 0) is 28.5 Å². The molecule has 3 N–H and O–H groups in total. The van der Waals surface area contributed by atoms with Crippen molar-refractivity contribution >= 4 is 29.1 Å². The first-order valence-corrected chi connectivity index (χ1v) is 13.5. The van der Waals surface area contributed by atoms with E-state index in [1.54, 1.807) is 11.9 Å². The standard InChI is InChI=1S/C29H23ClF6N4O4/c1-27-9-2-10-40(27)39(14-15-3-7-21(41)19(30)11-15)26(44)23(24(27)42)25(43)38-20-6-5-17(28(31,32)33)12-18(20)16-4-8-22(37-13-16)29(34,35)36/h3-8,11-13,41-42H,2,9-10,14H2,1H3,(H,38,43). The van der Waals surface area contributed by atoms with Crippen molar-refractivity contribution in [2.45, 2.75) is 44.2 Å². The zero-order valence-electron chi connectivity index (χ0n) is 22.7. The Kier molecular flexibility index (Phi) is 7.79. The Labute approximate surface area is 251 Å². The van der Waals surface area contributed by atoms with E-state index in [4.69, 9.17) is 11.6 Å². The lowest BCUT2D eigenvalue weighted by atomic mass is 9.90. The van der Waals surface area contributed by atoms with Gasteiger partial charge in [0.1, 0.15) is 22.8 Å². The second-order valence-electron chi connectivity index (χ2n) is 10.5. The molecule has 0 bridgehead atoms. The lowest BCUT2D eigenvalue weighted by molar-refractivity contribution is -0.160. The molecule has 2 amide bonds. The normalized spacial score (nSPS) is 19.4. The topological polar surface area (TPSA) is 106 Å². The van der Waals surface area contributed by atoms with E-state index >= 15 is 0 Å². The van der Waals surface area contributed by atoms with Crippen LogP contribution in [-0.4, -0.2) is 49.1 Å². The number of carbonyl (C=O) groups is 2. The van der Waals surface area contributed by atoms with E-state index in [0.717, 1.165) is 18.3 Å². The largest absolute Gasteiger partial charge is 0.509 e. The third-order valence-corrected chi connectivity index (χ3v) is 7.92. The number of hydrogen-bond donors (Lipinski definition) is 3. The summed E-state index contributed by atoms with van der Waals surface area (Å²) in [5, 5.41) is 26.3. The number of aliphatic hydroxyl groups excluding tert-OH is 1. The number of halogens is 7. The number of nitrogens with one attached hydrogen (secondary N) is 1. The first-order valence-electron chi connectivity index (χ1n) is 13.1. The maximum Gasteiger partial charge on any atom is 0.433 e. The predicted octanol–water partition coefficient (Wildman–Crippen LogP) is 6.71. The molecule has 5 rings (SSSR count). The van der Waals surface area contributed by atoms with E-state index in [9.17, 15) is 46.1 Å². The summed E-state index contributed by atoms with van der Waals surface area (Å²) in [4.78, 5) is 30.7. The van der Waals surface area contributed by atoms with Crippen molar-refractivity contribution in [3.05, 3.63) is 87.9 Å². The molecule has 1 fully saturated rings. The van der Waals surface area contributed by atoms with Gasteiger partial charge < -0.3 is 15.5 Å². The molecule has 3 aromatic rings. The van der Waals surface area contributed by atoms with Gasteiger partial charge in [-0.1, -0.05) is 23.7 Å². The molecule has 0 saturated carbocycles. The van der Waals surface area contributed by atoms with Gasteiger partial charge in [-0.3, -0.25) is 19.6 Å². The second-order valence-corrected chi connectivity index (χ2v) is 10.9. The molecule has 0 radical (unpaired) electrons. The van der Waals surface area contributed by atoms with Crippen LogP contribution < -0.4 is 5.32 Å². The maximum absolute atomic E-state index is 13.7. The molecular formula is C29H23ClF6N4O4. The zero-order chi connectivity index (χ0) is 32.2. The highest BCUT2D eigenvalue weighted by molar-refractivity contribution is 6.32. The molecule has 0 spiro atoms. The van der Waals surface area contributed by atoms with Crippen molar-refractivity contribution < 1.29 is 46.1 Å². The van der Waals surface area contributed by atoms with E-state index < -0.39 is 52.3 Å². The Balaban J connectivity index is 1.53. The minimum absolute atomic E-state index is 0.0279. The number of aromatic hydroxyl groups is 1. The number of hydrogen-bond acceptors (Lipinski definition) is 6. The lowest BCUT2D eigenvalue weighted by Gasteiger charge is -2.46. The van der Waals surface area contributed by atoms with Crippen molar-refractivity contribution in [3.8, 4) is 16.9 Å². The highest BCUT2D eigenvalue weighted by Gasteiger charge is 2.52. The van der Waals surface area contributed by atoms with Crippen LogP contribution in [0.25, 0.3) is 11.1 Å². The zero-order valence-corrected chi connectivity index (χ0v) is 23.5. The quantitative estimate of drug-likeness (QED) is 0.212. The number of aliphatic hydroxyl groups is 1. The summed E-state index contributed by atoms with van der Waals surface area (Å²) in [5.74, 6) is -2.77. The molecule has 1 aromatic heterocycles. The summed E-state index contributed by atoms with van der Waals surface area (Å²) < 4.78 is 79.8. The molecule has 2 aromatic carbocycles. The number of amides is 2. The van der Waals surface area contributed by atoms with Gasteiger partial charge in [0.2, 0.25) is 0 Å². The molecule has 1 unspecified atom stereocenters. The Hall–Kier alpha value is -4.30. The minimum Gasteiger partial charge on any atom is -0.509 e. The SMILES string of the molecule is CC12CCCN1N(Cc1ccc(O)c(Cl)c1)C(=O)C(C(=O)Nc1ccc(C(F)(F)F)cc1-c1ccc(C(F)(F)F)nc1)=C2O. The average Bonchev–Trinajstić information content (AvgIpc) is 3.35. The number of anilines is 1. The predicted molar refractivity (Wildman–Crippen MR) is 146 cm³/mol. The molecule has 15 heteroatoms. The van der Waals surface area contributed by atoms with E-state index in [2.05, 4.69) is 10.3 Å². The monoisotopic (exact) mass is 640 g/mol. The molecule has 232 valence electrons. The van der Waals surface area contributed by atoms with Crippen LogP contribution in [0.3, 0.4) is 0 Å². The van der Waals surface area contributed by atoms with Crippen molar-refractivity contribution in [1.82, 2.24) is 15.0 Å². The smallest absolute Gasteiger partial charge is 0.433 e. The first kappa shape index (κ1) is 31.1. The van der Waals surface area contributed by atoms with Gasteiger partial charge in [-0.15, -0.1) is 0 Å². The van der Waals surface area contributed by atoms with Crippen LogP contribution in [0.5, 0.6) is 5.75 Å². The highest BCUT2D eigenvalue weighted by atomic mass is 35.5. The van der Waals surface area contributed by atoms with E-state index in [-0.39, 0.29) is 34.1 Å². The Morgan fingerprint density at radius 1 is 1.05 bits per heavy atom. The van der Waals surface area contributed by atoms with Crippen LogP contribution in [0, 0.1) is 0 Å². The number of phenols is 1. The third kappa shape index (κ3) is 5.66. The van der Waals surface area contributed by atoms with Gasteiger partial charge >= 0.3 is 12.4 Å². The van der Waals surface area contributed by atoms with Crippen molar-refractivity contribution in [2.24, 2.45) is 0 Å². The lowest BCUT2D eigenvalue weighted by Crippen LogP contribution is -2.60. The van der Waals surface area contributed by atoms with Gasteiger partial charge in [0.25, 0.3) is 11.8 Å². The van der Waals surface area contributed by atoms with Crippen molar-refractivity contribution in [1.29, 1.82) is 0 Å². The van der Waals surface area contributed by atoms with Gasteiger partial charge in [-0.05, 0) is 61.7 Å². The molecule has 1 saturated heterocycles. The molecular weight excluding hydrogens is 618 g/mol. The maximum atomic E-state index is 13.7. The van der Waals surface area contributed by atoms with Crippen LogP contribution >= 0.6 is 11.6 Å². The number of phenolic OH excluding ortho intramolecular Hbond substituents is 1. The fourth-order valence-electron chi connectivity index (χ4n) is 5.34. The van der Waals surface area contributed by atoms with Gasteiger partial charge in [0, 0.05) is 29.6 Å². The fraction of sp³-hybridized carbons (Fsp3) is 0.276. The Morgan fingerprint density at radius 2 is 1.77 bits per heavy atom. The third-order valence-electron chi connectivity index (χ3n) is 7.62. The fourth-order valence-corrected chi connectivity index (χ4v) is 5.55. The molecule has 3 heterocycles. The minimum atomic E-state index is -4.82. The van der Waals surface area contributed by atoms with E-state index in [0.29, 0.717) is 43.1 Å². The number of fused-ring (bicyclic) bond motifs is 1. The van der Waals surface area contributed by atoms with Gasteiger partial charge in [0.15, 0.2) is 0 Å². The second kappa shape index (κ2) is 11.0. The number of rotatable bonds is 5. The Morgan fingerprint density at radius 3 is 2.39 bits per heavy atom. The molecule has 2 aliphatic heterocycles. The van der Waals surface area contributed by atoms with Crippen molar-refractivity contribution in [3.63, 3.8) is 0 Å². The number of carbonyl (C=O) groups excluding carboxylic acids is 2. The van der Waals surface area contributed by atoms with Gasteiger partial charge in [-0.25, -0.2) is 5.01 Å². The van der Waals surface area contributed by atoms with E-state index in [1.165, 1.54) is 23.2 Å². The van der Waals surface area contributed by atoms with Gasteiger partial charge in [-0.2, -0.15) is 26.3 Å². The first-order chi connectivity index (χ1) is 20.5. The van der Waals surface area contributed by atoms with Crippen LogP contribution in [0.15, 0.2) is 66.1 Å². The van der Waals surface area contributed by atoms with Crippen LogP contribution in [0.1, 0.15) is 36.6 Å². The van der Waals surface area contributed by atoms with Crippen LogP contribution in [0.4, 0.5) is 32.0 Å². The molecule has 44 heavy (non-hydrogen) atoms. The van der Waals surface area contributed by atoms with Crippen molar-refractivity contribution in [2.75, 3.05) is 11.9 Å². The summed E-state index contributed by atoms with van der Waals surface area (Å²) >= 11 is 6.02. The number of hydrazine groups is 1. The highest BCUT2D eigenvalue weighted by Crippen LogP contribution is 2.43. The number of alkyl halides is 6. The number of benzene rings is 2. The van der Waals surface area contributed by atoms with E-state index in [1.807, 2.05) is 0 Å². The molecule has 1 atom stereocenters. The number of nitrogens with zero attached hydrogens (tertiary/aromatic N) is 3. The average molecular weight is 641 g/mol. The summed E-state index contributed by atoms with van der Waals surface area (Å²) in [7, 11) is 0. The number of aromatic nitrogens is 1. The van der Waals surface area contributed by atoms with Gasteiger partial charge in [0.05, 0.1) is 22.7 Å². The number of pyridine rings is 1. The van der Waals surface area contributed by atoms with Crippen LogP contribution in [0.2, 0.25) is 5.02 Å². The molecule has 0 aliphatic carbocycles. The Bertz CT molecular complexity index is 1680. The summed E-state index contributed by atoms with van der Waals surface area (Å²) in [6.45, 7) is 1.89.